The van der Waals surface area contributed by atoms with E-state index >= 15 is 0 Å². The Morgan fingerprint density at radius 2 is 1.80 bits per heavy atom. The molecule has 0 saturated heterocycles. The van der Waals surface area contributed by atoms with Gasteiger partial charge in [-0.25, -0.2) is 0 Å². The summed E-state index contributed by atoms with van der Waals surface area (Å²) in [4.78, 5) is 11.5. The normalized spacial score (nSPS) is 10.6. The van der Waals surface area contributed by atoms with Crippen LogP contribution in [-0.4, -0.2) is 5.91 Å². The van der Waals surface area contributed by atoms with Gasteiger partial charge in [0.1, 0.15) is 5.75 Å². The summed E-state index contributed by atoms with van der Waals surface area (Å²) in [5.41, 5.74) is 13.0. The smallest absolute Gasteiger partial charge is 0.252 e. The van der Waals surface area contributed by atoms with Crippen LogP contribution in [0.2, 0.25) is 0 Å². The molecule has 0 bridgehead atoms. The predicted octanol–water partition coefficient (Wildman–Crippen LogP) is 3.28. The number of carbonyl (C=O) groups excluding carboxylic acids is 1. The van der Waals surface area contributed by atoms with Gasteiger partial charge in [-0.15, -0.1) is 0 Å². The maximum Gasteiger partial charge on any atom is 0.252 e. The van der Waals surface area contributed by atoms with Crippen LogP contribution in [-0.2, 0) is 0 Å². The Hall–Kier alpha value is -2.49. The van der Waals surface area contributed by atoms with Crippen LogP contribution in [0.4, 0.5) is 5.69 Å². The third-order valence-corrected chi connectivity index (χ3v) is 3.06. The molecule has 0 aromatic heterocycles. The molecule has 0 heterocycles. The predicted molar refractivity (Wildman–Crippen MR) is 80.0 cm³/mol. The first kappa shape index (κ1) is 13.9. The van der Waals surface area contributed by atoms with Gasteiger partial charge in [-0.3, -0.25) is 4.79 Å². The van der Waals surface area contributed by atoms with Crippen LogP contribution in [0.5, 0.6) is 11.5 Å². The highest BCUT2D eigenvalue weighted by Crippen LogP contribution is 2.35. The molecule has 0 aliphatic heterocycles. The van der Waals surface area contributed by atoms with Gasteiger partial charge in [-0.05, 0) is 29.7 Å². The number of nitrogen functional groups attached to an aromatic ring is 1. The van der Waals surface area contributed by atoms with Crippen molar-refractivity contribution < 1.29 is 9.53 Å². The van der Waals surface area contributed by atoms with Crippen molar-refractivity contribution >= 4 is 11.6 Å². The van der Waals surface area contributed by atoms with Gasteiger partial charge in [0.25, 0.3) is 5.91 Å². The fourth-order valence-corrected chi connectivity index (χ4v) is 2.02. The highest BCUT2D eigenvalue weighted by atomic mass is 16.5. The summed E-state index contributed by atoms with van der Waals surface area (Å²) >= 11 is 0. The Kier molecular flexibility index (Phi) is 3.94. The summed E-state index contributed by atoms with van der Waals surface area (Å²) in [6.07, 6.45) is 0. The van der Waals surface area contributed by atoms with E-state index in [-0.39, 0.29) is 5.56 Å². The number of anilines is 1. The van der Waals surface area contributed by atoms with E-state index in [0.717, 1.165) is 5.56 Å². The number of rotatable bonds is 4. The highest BCUT2D eigenvalue weighted by molar-refractivity contribution is 5.97. The molecule has 0 atom stereocenters. The van der Waals surface area contributed by atoms with E-state index in [1.807, 2.05) is 24.3 Å². The average molecular weight is 270 g/mol. The van der Waals surface area contributed by atoms with E-state index in [0.29, 0.717) is 23.1 Å². The molecule has 1 amide bonds. The molecule has 0 fully saturated rings. The average Bonchev–Trinajstić information content (AvgIpc) is 2.41. The zero-order chi connectivity index (χ0) is 14.7. The molecule has 4 N–H and O–H groups in total. The molecule has 0 unspecified atom stereocenters. The Bertz CT molecular complexity index is 636. The fraction of sp³-hybridized carbons (Fsp3) is 0.188. The zero-order valence-corrected chi connectivity index (χ0v) is 11.6. The topological polar surface area (TPSA) is 78.3 Å². The van der Waals surface area contributed by atoms with Gasteiger partial charge in [-0.2, -0.15) is 0 Å². The lowest BCUT2D eigenvalue weighted by molar-refractivity contribution is 0.0998. The minimum absolute atomic E-state index is 0.281. The lowest BCUT2D eigenvalue weighted by Gasteiger charge is -2.16. The van der Waals surface area contributed by atoms with E-state index in [1.54, 1.807) is 18.2 Å². The van der Waals surface area contributed by atoms with Crippen LogP contribution in [0.15, 0.2) is 42.5 Å². The van der Waals surface area contributed by atoms with Gasteiger partial charge in [0, 0.05) is 0 Å². The zero-order valence-electron chi connectivity index (χ0n) is 11.6. The Balaban J connectivity index is 2.48. The number of carbonyl (C=O) groups is 1. The van der Waals surface area contributed by atoms with Gasteiger partial charge in [-0.1, -0.05) is 38.1 Å². The molecule has 0 saturated carbocycles. The number of hydrogen-bond acceptors (Lipinski definition) is 3. The van der Waals surface area contributed by atoms with Crippen molar-refractivity contribution in [3.63, 3.8) is 0 Å². The first-order valence-corrected chi connectivity index (χ1v) is 6.45. The minimum Gasteiger partial charge on any atom is -0.454 e. The first-order chi connectivity index (χ1) is 9.50. The van der Waals surface area contributed by atoms with Crippen molar-refractivity contribution in [3.05, 3.63) is 53.6 Å². The van der Waals surface area contributed by atoms with Crippen molar-refractivity contribution in [3.8, 4) is 11.5 Å². The summed E-state index contributed by atoms with van der Waals surface area (Å²) in [6.45, 7) is 4.15. The van der Waals surface area contributed by atoms with Crippen LogP contribution in [0, 0.1) is 0 Å². The highest BCUT2D eigenvalue weighted by Gasteiger charge is 2.15. The minimum atomic E-state index is -0.561. The summed E-state index contributed by atoms with van der Waals surface area (Å²) in [5, 5.41) is 0. The van der Waals surface area contributed by atoms with Crippen molar-refractivity contribution in [2.45, 2.75) is 19.8 Å². The molecule has 20 heavy (non-hydrogen) atoms. The molecule has 104 valence electrons. The van der Waals surface area contributed by atoms with Crippen LogP contribution < -0.4 is 16.2 Å². The maximum atomic E-state index is 11.5. The lowest BCUT2D eigenvalue weighted by Crippen LogP contribution is -2.13. The van der Waals surface area contributed by atoms with Crippen LogP contribution in [0.3, 0.4) is 0 Å². The number of benzene rings is 2. The Labute approximate surface area is 118 Å². The van der Waals surface area contributed by atoms with Gasteiger partial charge >= 0.3 is 0 Å². The summed E-state index contributed by atoms with van der Waals surface area (Å²) in [7, 11) is 0. The van der Waals surface area contributed by atoms with Gasteiger partial charge in [0.2, 0.25) is 0 Å². The van der Waals surface area contributed by atoms with E-state index < -0.39 is 5.91 Å². The van der Waals surface area contributed by atoms with Crippen LogP contribution >= 0.6 is 0 Å². The third-order valence-electron chi connectivity index (χ3n) is 3.06. The van der Waals surface area contributed by atoms with E-state index in [9.17, 15) is 4.79 Å². The van der Waals surface area contributed by atoms with Crippen molar-refractivity contribution in [1.82, 2.24) is 0 Å². The Morgan fingerprint density at radius 1 is 1.10 bits per heavy atom. The van der Waals surface area contributed by atoms with Gasteiger partial charge in [0.05, 0.1) is 11.3 Å². The monoisotopic (exact) mass is 270 g/mol. The van der Waals surface area contributed by atoms with Gasteiger partial charge < -0.3 is 16.2 Å². The SMILES string of the molecule is CC(C)c1ccccc1Oc1c(N)cccc1C(N)=O. The molecular weight excluding hydrogens is 252 g/mol. The van der Waals surface area contributed by atoms with Crippen molar-refractivity contribution in [2.24, 2.45) is 5.73 Å². The van der Waals surface area contributed by atoms with Crippen molar-refractivity contribution in [2.75, 3.05) is 5.73 Å². The molecular formula is C16H18N2O2. The van der Waals surface area contributed by atoms with E-state index in [2.05, 4.69) is 13.8 Å². The van der Waals surface area contributed by atoms with Gasteiger partial charge in [0.15, 0.2) is 5.75 Å². The second-order valence-electron chi connectivity index (χ2n) is 4.88. The van der Waals surface area contributed by atoms with Crippen LogP contribution in [0.25, 0.3) is 0 Å². The van der Waals surface area contributed by atoms with Crippen LogP contribution in [0.1, 0.15) is 35.7 Å². The maximum absolute atomic E-state index is 11.5. The number of hydrogen-bond donors (Lipinski definition) is 2. The molecule has 0 spiro atoms. The lowest BCUT2D eigenvalue weighted by atomic mass is 10.0. The quantitative estimate of drug-likeness (QED) is 0.837. The molecule has 2 aromatic carbocycles. The summed E-state index contributed by atoms with van der Waals surface area (Å²) < 4.78 is 5.87. The van der Waals surface area contributed by atoms with E-state index in [1.165, 1.54) is 0 Å². The first-order valence-electron chi connectivity index (χ1n) is 6.45. The fourth-order valence-electron chi connectivity index (χ4n) is 2.02. The molecule has 0 radical (unpaired) electrons. The number of ether oxygens (including phenoxy) is 1. The molecule has 4 heteroatoms. The van der Waals surface area contributed by atoms with Crippen molar-refractivity contribution in [1.29, 1.82) is 0 Å². The second-order valence-corrected chi connectivity index (χ2v) is 4.88. The molecule has 4 nitrogen and oxygen atoms in total. The molecule has 2 rings (SSSR count). The number of para-hydroxylation sites is 2. The molecule has 2 aromatic rings. The molecule has 0 aliphatic rings. The summed E-state index contributed by atoms with van der Waals surface area (Å²) in [6, 6.07) is 12.6. The standard InChI is InChI=1S/C16H18N2O2/c1-10(2)11-6-3-4-9-14(11)20-15-12(16(18)19)7-5-8-13(15)17/h3-10H,17H2,1-2H3,(H2,18,19). The Morgan fingerprint density at radius 3 is 2.45 bits per heavy atom. The third kappa shape index (κ3) is 2.74. The van der Waals surface area contributed by atoms with E-state index in [4.69, 9.17) is 16.2 Å². The molecule has 0 aliphatic carbocycles. The largest absolute Gasteiger partial charge is 0.454 e. The number of amides is 1. The summed E-state index contributed by atoms with van der Waals surface area (Å²) in [5.74, 6) is 0.735. The second kappa shape index (κ2) is 5.65. The number of nitrogens with two attached hydrogens (primary N) is 2. The number of primary amides is 1.